The van der Waals surface area contributed by atoms with Crippen molar-refractivity contribution in [2.24, 2.45) is 27.9 Å². The Morgan fingerprint density at radius 1 is 1.00 bits per heavy atom. The van der Waals surface area contributed by atoms with Gasteiger partial charge in [0.05, 0.1) is 6.04 Å². The Kier molecular flexibility index (Phi) is 13.2. The molecule has 1 aliphatic rings. The number of carbonyl (C=O) groups is 4. The van der Waals surface area contributed by atoms with E-state index >= 15 is 0 Å². The summed E-state index contributed by atoms with van der Waals surface area (Å²) in [6, 6.07) is 5.34. The molecule has 0 saturated carbocycles. The quantitative estimate of drug-likeness (QED) is 0.0747. The molecule has 1 fully saturated rings. The number of benzene rings is 1. The number of amides is 3. The molecular weight excluding hydrogens is 504 g/mol. The number of unbranched alkanes of at least 4 members (excludes halogenated alkanes) is 1. The van der Waals surface area contributed by atoms with Gasteiger partial charge in [-0.15, -0.1) is 0 Å². The fourth-order valence-electron chi connectivity index (χ4n) is 4.50. The number of carbonyl (C=O) groups excluding carboxylic acids is 3. The highest BCUT2D eigenvalue weighted by atomic mass is 16.4. The van der Waals surface area contributed by atoms with E-state index in [1.807, 2.05) is 30.3 Å². The zero-order valence-corrected chi connectivity index (χ0v) is 22.3. The van der Waals surface area contributed by atoms with Gasteiger partial charge in [-0.25, -0.2) is 4.79 Å². The maximum Gasteiger partial charge on any atom is 0.326 e. The highest BCUT2D eigenvalue weighted by Gasteiger charge is 2.38. The Morgan fingerprint density at radius 3 is 2.33 bits per heavy atom. The third-order valence-corrected chi connectivity index (χ3v) is 6.60. The number of carboxylic acid groups (broad SMARTS) is 1. The van der Waals surface area contributed by atoms with Crippen LogP contribution in [-0.4, -0.2) is 83.5 Å². The van der Waals surface area contributed by atoms with Crippen molar-refractivity contribution in [3.63, 3.8) is 0 Å². The number of aliphatic carboxylic acids is 1. The first-order chi connectivity index (χ1) is 18.6. The van der Waals surface area contributed by atoms with Gasteiger partial charge < -0.3 is 43.6 Å². The number of nitrogens with zero attached hydrogens (tertiary/aromatic N) is 2. The van der Waals surface area contributed by atoms with Gasteiger partial charge in [0.15, 0.2) is 5.96 Å². The predicted octanol–water partition coefficient (Wildman–Crippen LogP) is -1.22. The van der Waals surface area contributed by atoms with Crippen LogP contribution < -0.4 is 33.6 Å². The van der Waals surface area contributed by atoms with Crippen LogP contribution in [-0.2, 0) is 25.6 Å². The summed E-state index contributed by atoms with van der Waals surface area (Å²) in [4.78, 5) is 56.6. The molecule has 216 valence electrons. The molecule has 0 aromatic heterocycles. The van der Waals surface area contributed by atoms with Crippen molar-refractivity contribution in [2.75, 3.05) is 19.6 Å². The monoisotopic (exact) mass is 546 g/mol. The fraction of sp³-hybridized carbons (Fsp3) is 0.577. The highest BCUT2D eigenvalue weighted by Crippen LogP contribution is 2.20. The number of nitrogens with one attached hydrogen (secondary N) is 2. The van der Waals surface area contributed by atoms with Crippen LogP contribution in [0.1, 0.15) is 50.5 Å². The van der Waals surface area contributed by atoms with Gasteiger partial charge in [-0.2, -0.15) is 0 Å². The van der Waals surface area contributed by atoms with E-state index < -0.39 is 47.9 Å². The molecule has 1 aromatic rings. The third kappa shape index (κ3) is 10.5. The molecule has 1 saturated heterocycles. The third-order valence-electron chi connectivity index (χ3n) is 6.60. The molecule has 0 spiro atoms. The molecule has 4 atom stereocenters. The summed E-state index contributed by atoms with van der Waals surface area (Å²) in [5.41, 5.74) is 23.0. The maximum atomic E-state index is 13.5. The molecule has 0 bridgehead atoms. The second-order valence-electron chi connectivity index (χ2n) is 9.68. The molecule has 4 unspecified atom stereocenters. The Hall–Kier alpha value is -3.71. The number of carboxylic acids is 1. The standard InChI is InChI=1S/C26H42N8O5/c27-13-5-4-11-19(32-22(35)18(28)10-6-14-31-26(29)30)23(36)33-20(16-17-8-2-1-3-9-17)24(37)34-15-7-12-21(34)25(38)39/h1-3,8-9,18-21H,4-7,10-16,27-28H2,(H,32,35)(H,33,36)(H,38,39)(H4,29,30,31). The van der Waals surface area contributed by atoms with Crippen molar-refractivity contribution >= 4 is 29.7 Å². The summed E-state index contributed by atoms with van der Waals surface area (Å²) in [5, 5.41) is 15.1. The van der Waals surface area contributed by atoms with Gasteiger partial charge in [0, 0.05) is 19.5 Å². The maximum absolute atomic E-state index is 13.5. The summed E-state index contributed by atoms with van der Waals surface area (Å²) < 4.78 is 0. The zero-order chi connectivity index (χ0) is 28.8. The Morgan fingerprint density at radius 2 is 1.69 bits per heavy atom. The second kappa shape index (κ2) is 16.3. The number of hydrogen-bond donors (Lipinski definition) is 7. The molecule has 1 aromatic carbocycles. The summed E-state index contributed by atoms with van der Waals surface area (Å²) in [6.45, 7) is 1.04. The number of nitrogens with two attached hydrogens (primary N) is 4. The Labute approximate surface area is 228 Å². The lowest BCUT2D eigenvalue weighted by atomic mass is 10.0. The molecule has 3 amide bonds. The van der Waals surface area contributed by atoms with Crippen molar-refractivity contribution in [1.82, 2.24) is 15.5 Å². The van der Waals surface area contributed by atoms with Gasteiger partial charge in [-0.05, 0) is 57.1 Å². The second-order valence-corrected chi connectivity index (χ2v) is 9.68. The SMILES string of the molecule is NCCCCC(NC(=O)C(N)CCCN=C(N)N)C(=O)NC(Cc1ccccc1)C(=O)N1CCCC1C(=O)O. The van der Waals surface area contributed by atoms with Crippen molar-refractivity contribution in [1.29, 1.82) is 0 Å². The van der Waals surface area contributed by atoms with E-state index in [4.69, 9.17) is 22.9 Å². The molecule has 2 rings (SSSR count). The zero-order valence-electron chi connectivity index (χ0n) is 22.3. The van der Waals surface area contributed by atoms with Crippen LogP contribution in [0.5, 0.6) is 0 Å². The van der Waals surface area contributed by atoms with Crippen LogP contribution in [0.4, 0.5) is 0 Å². The Balaban J connectivity index is 2.16. The molecule has 39 heavy (non-hydrogen) atoms. The minimum Gasteiger partial charge on any atom is -0.480 e. The normalized spacial score (nSPS) is 17.1. The molecule has 0 radical (unpaired) electrons. The molecule has 11 N–H and O–H groups in total. The number of guanidine groups is 1. The van der Waals surface area contributed by atoms with Crippen LogP contribution in [0.25, 0.3) is 0 Å². The smallest absolute Gasteiger partial charge is 0.326 e. The number of aliphatic imine (C=N–C) groups is 1. The lowest BCUT2D eigenvalue weighted by Gasteiger charge is -2.29. The van der Waals surface area contributed by atoms with Gasteiger partial charge >= 0.3 is 5.97 Å². The summed E-state index contributed by atoms with van der Waals surface area (Å²) in [5.74, 6) is -2.66. The van der Waals surface area contributed by atoms with Gasteiger partial charge in [0.1, 0.15) is 18.1 Å². The lowest BCUT2D eigenvalue weighted by molar-refractivity contribution is -0.149. The van der Waals surface area contributed by atoms with E-state index in [0.717, 1.165) is 5.56 Å². The summed E-state index contributed by atoms with van der Waals surface area (Å²) in [6.07, 6.45) is 3.37. The molecular formula is C26H42N8O5. The predicted molar refractivity (Wildman–Crippen MR) is 147 cm³/mol. The van der Waals surface area contributed by atoms with Gasteiger partial charge in [0.25, 0.3) is 0 Å². The first-order valence-electron chi connectivity index (χ1n) is 13.3. The molecule has 0 aliphatic carbocycles. The lowest BCUT2D eigenvalue weighted by Crippen LogP contribution is -2.57. The van der Waals surface area contributed by atoms with Crippen LogP contribution >= 0.6 is 0 Å². The topological polar surface area (TPSA) is 232 Å². The summed E-state index contributed by atoms with van der Waals surface area (Å²) in [7, 11) is 0. The number of likely N-dealkylation sites (tertiary alicyclic amines) is 1. The fourth-order valence-corrected chi connectivity index (χ4v) is 4.50. The molecule has 13 nitrogen and oxygen atoms in total. The van der Waals surface area contributed by atoms with E-state index in [1.54, 1.807) is 0 Å². The van der Waals surface area contributed by atoms with Gasteiger partial charge in [0.2, 0.25) is 17.7 Å². The number of rotatable bonds is 16. The Bertz CT molecular complexity index is 986. The molecule has 1 aliphatic heterocycles. The van der Waals surface area contributed by atoms with E-state index in [0.29, 0.717) is 64.6 Å². The van der Waals surface area contributed by atoms with Crippen molar-refractivity contribution < 1.29 is 24.3 Å². The van der Waals surface area contributed by atoms with Gasteiger partial charge in [-0.1, -0.05) is 30.3 Å². The average Bonchev–Trinajstić information content (AvgIpc) is 3.40. The van der Waals surface area contributed by atoms with Crippen molar-refractivity contribution in [2.45, 2.75) is 75.5 Å². The minimum atomic E-state index is -1.08. The largest absolute Gasteiger partial charge is 0.480 e. The molecule has 1 heterocycles. The van der Waals surface area contributed by atoms with Crippen LogP contribution in [0.2, 0.25) is 0 Å². The molecule has 13 heteroatoms. The van der Waals surface area contributed by atoms with E-state index in [-0.39, 0.29) is 12.4 Å². The minimum absolute atomic E-state index is 0.0483. The van der Waals surface area contributed by atoms with E-state index in [9.17, 15) is 24.3 Å². The number of hydrogen-bond acceptors (Lipinski definition) is 7. The average molecular weight is 547 g/mol. The van der Waals surface area contributed by atoms with Crippen molar-refractivity contribution in [3.8, 4) is 0 Å². The van der Waals surface area contributed by atoms with Crippen LogP contribution in [0, 0.1) is 0 Å². The van der Waals surface area contributed by atoms with Gasteiger partial charge in [-0.3, -0.25) is 19.4 Å². The highest BCUT2D eigenvalue weighted by molar-refractivity contribution is 5.94. The van der Waals surface area contributed by atoms with Crippen LogP contribution in [0.15, 0.2) is 35.3 Å². The van der Waals surface area contributed by atoms with E-state index in [2.05, 4.69) is 15.6 Å². The van der Waals surface area contributed by atoms with Crippen LogP contribution in [0.3, 0.4) is 0 Å². The van der Waals surface area contributed by atoms with Crippen molar-refractivity contribution in [3.05, 3.63) is 35.9 Å². The first-order valence-corrected chi connectivity index (χ1v) is 13.3. The van der Waals surface area contributed by atoms with E-state index in [1.165, 1.54) is 4.90 Å². The first kappa shape index (κ1) is 31.5. The summed E-state index contributed by atoms with van der Waals surface area (Å²) >= 11 is 0.